The maximum absolute atomic E-state index is 11.6. The van der Waals surface area contributed by atoms with Crippen LogP contribution in [0.15, 0.2) is 18.7 Å². The van der Waals surface area contributed by atoms with Crippen molar-refractivity contribution in [2.24, 2.45) is 5.92 Å². The lowest BCUT2D eigenvalue weighted by molar-refractivity contribution is 0.213. The van der Waals surface area contributed by atoms with Gasteiger partial charge in [-0.3, -0.25) is 4.57 Å². The number of hydrogen-bond donors (Lipinski definition) is 1. The molecule has 0 radical (unpaired) electrons. The minimum Gasteiger partial charge on any atom is -0.336 e. The van der Waals surface area contributed by atoms with Gasteiger partial charge in [-0.2, -0.15) is 0 Å². The van der Waals surface area contributed by atoms with Crippen molar-refractivity contribution in [3.8, 4) is 0 Å². The number of hydrogen-bond acceptors (Lipinski definition) is 3. The summed E-state index contributed by atoms with van der Waals surface area (Å²) in [4.78, 5) is 17.6. The number of rotatable bonds is 4. The second-order valence-corrected chi connectivity index (χ2v) is 4.43. The lowest BCUT2D eigenvalue weighted by Gasteiger charge is -2.27. The molecule has 0 aliphatic rings. The Bertz CT molecular complexity index is 311. The normalized spacial score (nSPS) is 13.1. The molecule has 0 aliphatic heterocycles. The molecule has 1 rings (SSSR count). The van der Waals surface area contributed by atoms with E-state index >= 15 is 0 Å². The number of carbonyl (C=O) groups excluding carboxylic acids is 1. The molecule has 0 aliphatic carbocycles. The van der Waals surface area contributed by atoms with Crippen LogP contribution in [0.5, 0.6) is 0 Å². The summed E-state index contributed by atoms with van der Waals surface area (Å²) in [6, 6.07) is 0.206. The highest BCUT2D eigenvalue weighted by atomic mass is 16.2. The maximum Gasteiger partial charge on any atom is 0.326 e. The third-order valence-corrected chi connectivity index (χ3v) is 2.63. The molecule has 0 spiro atoms. The van der Waals surface area contributed by atoms with Crippen molar-refractivity contribution in [1.82, 2.24) is 19.8 Å². The number of imidazole rings is 1. The van der Waals surface area contributed by atoms with Gasteiger partial charge in [-0.25, -0.2) is 9.78 Å². The summed E-state index contributed by atoms with van der Waals surface area (Å²) in [6.07, 6.45) is 4.72. The first kappa shape index (κ1) is 12.7. The first-order valence-electron chi connectivity index (χ1n) is 5.45. The fraction of sp³-hybridized carbons (Fsp3) is 0.636. The molecule has 90 valence electrons. The van der Waals surface area contributed by atoms with Crippen molar-refractivity contribution in [2.45, 2.75) is 19.9 Å². The van der Waals surface area contributed by atoms with Gasteiger partial charge in [0.25, 0.3) is 0 Å². The quantitative estimate of drug-likeness (QED) is 0.831. The highest BCUT2D eigenvalue weighted by Gasteiger charge is 2.16. The molecule has 0 aromatic carbocycles. The first-order valence-corrected chi connectivity index (χ1v) is 5.45. The van der Waals surface area contributed by atoms with Crippen LogP contribution >= 0.6 is 0 Å². The highest BCUT2D eigenvalue weighted by molar-refractivity contribution is 5.76. The third-order valence-electron chi connectivity index (χ3n) is 2.63. The van der Waals surface area contributed by atoms with Crippen LogP contribution in [0.1, 0.15) is 13.8 Å². The second-order valence-electron chi connectivity index (χ2n) is 4.43. The minimum atomic E-state index is -0.134. The molecule has 5 nitrogen and oxygen atoms in total. The third kappa shape index (κ3) is 3.34. The van der Waals surface area contributed by atoms with Gasteiger partial charge in [0, 0.05) is 25.0 Å². The molecule has 16 heavy (non-hydrogen) atoms. The molecule has 0 saturated heterocycles. The summed E-state index contributed by atoms with van der Waals surface area (Å²) in [5.74, 6) is 0.498. The SMILES string of the molecule is CC(C)C(CNC(=O)n1ccnc1)N(C)C. The van der Waals surface area contributed by atoms with Gasteiger partial charge in [-0.15, -0.1) is 0 Å². The van der Waals surface area contributed by atoms with Crippen LogP contribution in [0.25, 0.3) is 0 Å². The fourth-order valence-corrected chi connectivity index (χ4v) is 1.68. The molecule has 1 N–H and O–H groups in total. The van der Waals surface area contributed by atoms with Gasteiger partial charge in [0.15, 0.2) is 0 Å². The van der Waals surface area contributed by atoms with Gasteiger partial charge < -0.3 is 10.2 Å². The van der Waals surface area contributed by atoms with Crippen LogP contribution < -0.4 is 5.32 Å². The van der Waals surface area contributed by atoms with E-state index in [1.807, 2.05) is 14.1 Å². The smallest absolute Gasteiger partial charge is 0.326 e. The molecule has 1 heterocycles. The van der Waals surface area contributed by atoms with Crippen LogP contribution in [-0.2, 0) is 0 Å². The summed E-state index contributed by atoms with van der Waals surface area (Å²) in [7, 11) is 4.04. The molecular weight excluding hydrogens is 204 g/mol. The molecular formula is C11H20N4O. The number of likely N-dealkylation sites (N-methyl/N-ethyl adjacent to an activating group) is 1. The Morgan fingerprint density at radius 3 is 2.62 bits per heavy atom. The van der Waals surface area contributed by atoms with Crippen LogP contribution in [0.2, 0.25) is 0 Å². The monoisotopic (exact) mass is 224 g/mol. The molecule has 0 saturated carbocycles. The van der Waals surface area contributed by atoms with Gasteiger partial charge in [-0.1, -0.05) is 13.8 Å². The number of carbonyl (C=O) groups is 1. The van der Waals surface area contributed by atoms with Crippen LogP contribution in [0, 0.1) is 5.92 Å². The number of aromatic nitrogens is 2. The van der Waals surface area contributed by atoms with E-state index in [1.165, 1.54) is 10.9 Å². The number of nitrogens with one attached hydrogen (secondary N) is 1. The Hall–Kier alpha value is -1.36. The minimum absolute atomic E-state index is 0.134. The predicted octanol–water partition coefficient (Wildman–Crippen LogP) is 1.03. The zero-order valence-electron chi connectivity index (χ0n) is 10.3. The average molecular weight is 224 g/mol. The second kappa shape index (κ2) is 5.65. The van der Waals surface area contributed by atoms with Gasteiger partial charge in [0.05, 0.1) is 0 Å². The van der Waals surface area contributed by atoms with Crippen molar-refractivity contribution in [1.29, 1.82) is 0 Å². The van der Waals surface area contributed by atoms with E-state index < -0.39 is 0 Å². The zero-order valence-corrected chi connectivity index (χ0v) is 10.3. The summed E-state index contributed by atoms with van der Waals surface area (Å²) in [6.45, 7) is 4.93. The molecule has 0 fully saturated rings. The van der Waals surface area contributed by atoms with Gasteiger partial charge in [-0.05, 0) is 20.0 Å². The van der Waals surface area contributed by atoms with Crippen molar-refractivity contribution >= 4 is 6.03 Å². The molecule has 1 aromatic rings. The number of nitrogens with zero attached hydrogens (tertiary/aromatic N) is 3. The van der Waals surface area contributed by atoms with Gasteiger partial charge in [0.2, 0.25) is 0 Å². The van der Waals surface area contributed by atoms with Crippen molar-refractivity contribution in [3.05, 3.63) is 18.7 Å². The molecule has 0 bridgehead atoms. The van der Waals surface area contributed by atoms with Crippen LogP contribution in [0.3, 0.4) is 0 Å². The van der Waals surface area contributed by atoms with Crippen LogP contribution in [0.4, 0.5) is 4.79 Å². The van der Waals surface area contributed by atoms with Crippen molar-refractivity contribution < 1.29 is 4.79 Å². The zero-order chi connectivity index (χ0) is 12.1. The summed E-state index contributed by atoms with van der Waals surface area (Å²) in [5, 5.41) is 2.89. The predicted molar refractivity (Wildman–Crippen MR) is 63.3 cm³/mol. The molecule has 1 atom stereocenters. The average Bonchev–Trinajstić information content (AvgIpc) is 2.69. The molecule has 1 amide bonds. The summed E-state index contributed by atoms with van der Waals surface area (Å²) >= 11 is 0. The molecule has 5 heteroatoms. The summed E-state index contributed by atoms with van der Waals surface area (Å²) in [5.41, 5.74) is 0. The Morgan fingerprint density at radius 2 is 2.19 bits per heavy atom. The van der Waals surface area contributed by atoms with E-state index in [9.17, 15) is 4.79 Å². The largest absolute Gasteiger partial charge is 0.336 e. The highest BCUT2D eigenvalue weighted by Crippen LogP contribution is 2.05. The Labute approximate surface area is 96.5 Å². The number of amides is 1. The van der Waals surface area contributed by atoms with Crippen molar-refractivity contribution in [3.63, 3.8) is 0 Å². The summed E-state index contributed by atoms with van der Waals surface area (Å²) < 4.78 is 1.44. The van der Waals surface area contributed by atoms with Crippen molar-refractivity contribution in [2.75, 3.05) is 20.6 Å². The van der Waals surface area contributed by atoms with E-state index in [-0.39, 0.29) is 6.03 Å². The maximum atomic E-state index is 11.6. The topological polar surface area (TPSA) is 50.2 Å². The Morgan fingerprint density at radius 1 is 1.50 bits per heavy atom. The van der Waals surface area contributed by atoms with E-state index in [0.717, 1.165) is 0 Å². The lowest BCUT2D eigenvalue weighted by atomic mass is 10.0. The van der Waals surface area contributed by atoms with E-state index in [2.05, 4.69) is 29.0 Å². The molecule has 1 unspecified atom stereocenters. The first-order chi connectivity index (χ1) is 7.52. The van der Waals surface area contributed by atoms with E-state index in [4.69, 9.17) is 0 Å². The molecule has 1 aromatic heterocycles. The van der Waals surface area contributed by atoms with E-state index in [0.29, 0.717) is 18.5 Å². The van der Waals surface area contributed by atoms with E-state index in [1.54, 1.807) is 12.4 Å². The standard InChI is InChI=1S/C11H20N4O/c1-9(2)10(14(3)4)7-13-11(16)15-6-5-12-8-15/h5-6,8-10H,7H2,1-4H3,(H,13,16). The Kier molecular flexibility index (Phi) is 4.49. The van der Waals surface area contributed by atoms with Crippen LogP contribution in [-0.4, -0.2) is 47.2 Å². The Balaban J connectivity index is 2.47. The lowest BCUT2D eigenvalue weighted by Crippen LogP contribution is -2.44. The fourth-order valence-electron chi connectivity index (χ4n) is 1.68. The van der Waals surface area contributed by atoms with Gasteiger partial charge >= 0.3 is 6.03 Å². The van der Waals surface area contributed by atoms with Gasteiger partial charge in [0.1, 0.15) is 6.33 Å².